The maximum absolute atomic E-state index is 12.8. The smallest absolute Gasteiger partial charge is 0.274 e. The Morgan fingerprint density at radius 3 is 2.39 bits per heavy atom. The van der Waals surface area contributed by atoms with Gasteiger partial charge < -0.3 is 15.4 Å². The number of nitrogens with zero attached hydrogens (tertiary/aromatic N) is 2. The van der Waals surface area contributed by atoms with Gasteiger partial charge in [-0.25, -0.2) is 9.97 Å². The summed E-state index contributed by atoms with van der Waals surface area (Å²) in [5.41, 5.74) is 1.82. The zero-order valence-electron chi connectivity index (χ0n) is 16.3. The van der Waals surface area contributed by atoms with Gasteiger partial charge in [-0.15, -0.1) is 0 Å². The van der Waals surface area contributed by atoms with Gasteiger partial charge in [-0.05, 0) is 45.0 Å². The molecular formula is C22H24N4O2. The van der Waals surface area contributed by atoms with Gasteiger partial charge in [0.2, 0.25) is 0 Å². The lowest BCUT2D eigenvalue weighted by molar-refractivity contribution is 0.102. The number of anilines is 2. The quantitative estimate of drug-likeness (QED) is 0.629. The molecule has 0 aliphatic heterocycles. The van der Waals surface area contributed by atoms with Crippen molar-refractivity contribution < 1.29 is 9.53 Å². The number of ether oxygens (including phenoxy) is 1. The van der Waals surface area contributed by atoms with Crippen LogP contribution in [0.4, 0.5) is 11.5 Å². The van der Waals surface area contributed by atoms with Gasteiger partial charge in [0.25, 0.3) is 5.91 Å². The zero-order valence-corrected chi connectivity index (χ0v) is 16.3. The minimum Gasteiger partial charge on any atom is -0.494 e. The number of amides is 1. The molecule has 1 heterocycles. The van der Waals surface area contributed by atoms with Gasteiger partial charge in [0.05, 0.1) is 6.61 Å². The molecule has 2 aromatic carbocycles. The summed E-state index contributed by atoms with van der Waals surface area (Å²) in [5.74, 6) is 1.58. The Bertz CT molecular complexity index is 925. The highest BCUT2D eigenvalue weighted by atomic mass is 16.5. The molecular weight excluding hydrogens is 352 g/mol. The average Bonchev–Trinajstić information content (AvgIpc) is 2.69. The Hall–Kier alpha value is -3.41. The molecule has 0 unspecified atom stereocenters. The first kappa shape index (κ1) is 19.4. The fourth-order valence-corrected chi connectivity index (χ4v) is 2.65. The van der Waals surface area contributed by atoms with Crippen LogP contribution in [0.15, 0.2) is 60.7 Å². The van der Waals surface area contributed by atoms with E-state index < -0.39 is 0 Å². The van der Waals surface area contributed by atoms with E-state index in [2.05, 4.69) is 20.6 Å². The van der Waals surface area contributed by atoms with Crippen LogP contribution in [-0.2, 0) is 0 Å². The Balaban J connectivity index is 1.87. The summed E-state index contributed by atoms with van der Waals surface area (Å²) in [6.45, 7) is 6.56. The summed E-state index contributed by atoms with van der Waals surface area (Å²) in [5, 5.41) is 6.12. The largest absolute Gasteiger partial charge is 0.494 e. The molecule has 0 atom stereocenters. The number of carbonyl (C=O) groups is 1. The summed E-state index contributed by atoms with van der Waals surface area (Å²) in [4.78, 5) is 21.8. The van der Waals surface area contributed by atoms with Crippen LogP contribution >= 0.6 is 0 Å². The van der Waals surface area contributed by atoms with E-state index in [1.807, 2.05) is 63.2 Å². The third kappa shape index (κ3) is 5.07. The highest BCUT2D eigenvalue weighted by molar-refractivity contribution is 6.03. The standard InChI is InChI=1S/C22H24N4O2/c1-4-28-18-12-10-17(11-13-18)24-22(27)19-14-20(23-15(2)3)26-21(25-19)16-8-6-5-7-9-16/h5-15H,4H2,1-3H3,(H,24,27)(H,23,25,26). The fourth-order valence-electron chi connectivity index (χ4n) is 2.65. The molecule has 0 saturated heterocycles. The van der Waals surface area contributed by atoms with Crippen LogP contribution in [0.3, 0.4) is 0 Å². The third-order valence-electron chi connectivity index (χ3n) is 3.85. The lowest BCUT2D eigenvalue weighted by Crippen LogP contribution is -2.17. The van der Waals surface area contributed by atoms with Crippen molar-refractivity contribution in [3.05, 3.63) is 66.4 Å². The van der Waals surface area contributed by atoms with Gasteiger partial charge in [0, 0.05) is 23.4 Å². The Labute approximate surface area is 165 Å². The number of rotatable bonds is 7. The van der Waals surface area contributed by atoms with Gasteiger partial charge in [-0.1, -0.05) is 30.3 Å². The SMILES string of the molecule is CCOc1ccc(NC(=O)c2cc(NC(C)C)nc(-c3ccccc3)n2)cc1. The van der Waals surface area contributed by atoms with E-state index in [9.17, 15) is 4.79 Å². The third-order valence-corrected chi connectivity index (χ3v) is 3.85. The maximum Gasteiger partial charge on any atom is 0.274 e. The normalized spacial score (nSPS) is 10.6. The van der Waals surface area contributed by atoms with E-state index in [-0.39, 0.29) is 11.9 Å². The van der Waals surface area contributed by atoms with Gasteiger partial charge in [0.1, 0.15) is 17.3 Å². The molecule has 3 aromatic rings. The molecule has 1 aromatic heterocycles. The van der Waals surface area contributed by atoms with Gasteiger partial charge >= 0.3 is 0 Å². The summed E-state index contributed by atoms with van der Waals surface area (Å²) in [7, 11) is 0. The van der Waals surface area contributed by atoms with E-state index >= 15 is 0 Å². The number of aromatic nitrogens is 2. The van der Waals surface area contributed by atoms with E-state index in [0.29, 0.717) is 29.6 Å². The van der Waals surface area contributed by atoms with Gasteiger partial charge in [-0.3, -0.25) is 4.79 Å². The molecule has 3 rings (SSSR count). The van der Waals surface area contributed by atoms with E-state index in [1.54, 1.807) is 18.2 Å². The number of hydrogen-bond donors (Lipinski definition) is 2. The second-order valence-corrected chi connectivity index (χ2v) is 6.54. The number of benzene rings is 2. The zero-order chi connectivity index (χ0) is 19.9. The molecule has 28 heavy (non-hydrogen) atoms. The maximum atomic E-state index is 12.8. The first-order chi connectivity index (χ1) is 13.5. The lowest BCUT2D eigenvalue weighted by atomic mass is 10.2. The van der Waals surface area contributed by atoms with Crippen LogP contribution in [0, 0.1) is 0 Å². The first-order valence-electron chi connectivity index (χ1n) is 9.30. The van der Waals surface area contributed by atoms with Crippen molar-refractivity contribution in [1.29, 1.82) is 0 Å². The lowest BCUT2D eigenvalue weighted by Gasteiger charge is -2.13. The Kier molecular flexibility index (Phi) is 6.22. The highest BCUT2D eigenvalue weighted by Gasteiger charge is 2.14. The van der Waals surface area contributed by atoms with Crippen LogP contribution in [0.25, 0.3) is 11.4 Å². The number of carbonyl (C=O) groups excluding carboxylic acids is 1. The summed E-state index contributed by atoms with van der Waals surface area (Å²) >= 11 is 0. The molecule has 144 valence electrons. The van der Waals surface area contributed by atoms with E-state index in [0.717, 1.165) is 11.3 Å². The second kappa shape index (κ2) is 8.99. The summed E-state index contributed by atoms with van der Waals surface area (Å²) < 4.78 is 5.43. The molecule has 0 fully saturated rings. The molecule has 0 aliphatic carbocycles. The van der Waals surface area contributed by atoms with Crippen LogP contribution in [0.2, 0.25) is 0 Å². The van der Waals surface area contributed by atoms with Crippen LogP contribution in [0.1, 0.15) is 31.3 Å². The van der Waals surface area contributed by atoms with Crippen molar-refractivity contribution in [2.24, 2.45) is 0 Å². The fraction of sp³-hybridized carbons (Fsp3) is 0.227. The van der Waals surface area contributed by atoms with Crippen LogP contribution in [-0.4, -0.2) is 28.5 Å². The van der Waals surface area contributed by atoms with Crippen molar-refractivity contribution in [2.45, 2.75) is 26.8 Å². The molecule has 0 aliphatic rings. The molecule has 2 N–H and O–H groups in total. The molecule has 0 saturated carbocycles. The van der Waals surface area contributed by atoms with Gasteiger partial charge in [0.15, 0.2) is 5.82 Å². The number of nitrogens with one attached hydrogen (secondary N) is 2. The van der Waals surface area contributed by atoms with Crippen molar-refractivity contribution in [3.8, 4) is 17.1 Å². The monoisotopic (exact) mass is 376 g/mol. The number of hydrogen-bond acceptors (Lipinski definition) is 5. The van der Waals surface area contributed by atoms with Crippen molar-refractivity contribution in [2.75, 3.05) is 17.2 Å². The molecule has 0 spiro atoms. The predicted octanol–water partition coefficient (Wildman–Crippen LogP) is 4.61. The topological polar surface area (TPSA) is 76.1 Å². The predicted molar refractivity (Wildman–Crippen MR) is 112 cm³/mol. The van der Waals surface area contributed by atoms with Gasteiger partial charge in [-0.2, -0.15) is 0 Å². The highest BCUT2D eigenvalue weighted by Crippen LogP contribution is 2.20. The molecule has 0 bridgehead atoms. The molecule has 6 nitrogen and oxygen atoms in total. The Morgan fingerprint density at radius 1 is 1.04 bits per heavy atom. The molecule has 6 heteroatoms. The average molecular weight is 376 g/mol. The first-order valence-corrected chi connectivity index (χ1v) is 9.30. The van der Waals surface area contributed by atoms with Crippen molar-refractivity contribution in [3.63, 3.8) is 0 Å². The summed E-state index contributed by atoms with van der Waals surface area (Å²) in [6.07, 6.45) is 0. The van der Waals surface area contributed by atoms with Crippen molar-refractivity contribution in [1.82, 2.24) is 9.97 Å². The molecule has 0 radical (unpaired) electrons. The minimum atomic E-state index is -0.296. The Morgan fingerprint density at radius 2 is 1.75 bits per heavy atom. The summed E-state index contributed by atoms with van der Waals surface area (Å²) in [6, 6.07) is 18.7. The van der Waals surface area contributed by atoms with E-state index in [4.69, 9.17) is 4.74 Å². The minimum absolute atomic E-state index is 0.181. The molecule has 1 amide bonds. The van der Waals surface area contributed by atoms with Crippen molar-refractivity contribution >= 4 is 17.4 Å². The van der Waals surface area contributed by atoms with Crippen LogP contribution < -0.4 is 15.4 Å². The van der Waals surface area contributed by atoms with E-state index in [1.165, 1.54) is 0 Å². The second-order valence-electron chi connectivity index (χ2n) is 6.54. The van der Waals surface area contributed by atoms with Crippen LogP contribution in [0.5, 0.6) is 5.75 Å².